The number of hydrogen-bond donors (Lipinski definition) is 2. The van der Waals surface area contributed by atoms with E-state index in [9.17, 15) is 13.2 Å². The highest BCUT2D eigenvalue weighted by Gasteiger charge is 2.30. The first-order chi connectivity index (χ1) is 6.82. The molecule has 2 atom stereocenters. The SMILES string of the molecule is CC(C(=O)NC1CCS(=O)(=O)C1)C(N)=S. The van der Waals surface area contributed by atoms with Crippen LogP contribution >= 0.6 is 12.2 Å². The fourth-order valence-corrected chi connectivity index (χ4v) is 3.14. The maximum Gasteiger partial charge on any atom is 0.229 e. The zero-order chi connectivity index (χ0) is 11.6. The number of carbonyl (C=O) groups is 1. The third-order valence-electron chi connectivity index (χ3n) is 2.40. The molecular weight excluding hydrogens is 236 g/mol. The Morgan fingerprint density at radius 2 is 2.20 bits per heavy atom. The van der Waals surface area contributed by atoms with Crippen molar-refractivity contribution >= 4 is 33.0 Å². The highest BCUT2D eigenvalue weighted by Crippen LogP contribution is 2.11. The number of amides is 1. The van der Waals surface area contributed by atoms with E-state index >= 15 is 0 Å². The van der Waals surface area contributed by atoms with Crippen LogP contribution in [0.2, 0.25) is 0 Å². The molecule has 1 amide bonds. The average molecular weight is 250 g/mol. The Bertz CT molecular complexity index is 377. The highest BCUT2D eigenvalue weighted by molar-refractivity contribution is 7.91. The third kappa shape index (κ3) is 3.42. The third-order valence-corrected chi connectivity index (χ3v) is 4.52. The Morgan fingerprint density at radius 3 is 2.60 bits per heavy atom. The molecule has 0 radical (unpaired) electrons. The zero-order valence-corrected chi connectivity index (χ0v) is 10.0. The quantitative estimate of drug-likeness (QED) is 0.641. The summed E-state index contributed by atoms with van der Waals surface area (Å²) in [5, 5.41) is 2.63. The molecule has 5 nitrogen and oxygen atoms in total. The monoisotopic (exact) mass is 250 g/mol. The summed E-state index contributed by atoms with van der Waals surface area (Å²) in [6.45, 7) is 1.60. The van der Waals surface area contributed by atoms with Crippen molar-refractivity contribution in [2.45, 2.75) is 19.4 Å². The second-order valence-electron chi connectivity index (χ2n) is 3.73. The smallest absolute Gasteiger partial charge is 0.229 e. The van der Waals surface area contributed by atoms with Crippen molar-refractivity contribution < 1.29 is 13.2 Å². The summed E-state index contributed by atoms with van der Waals surface area (Å²) in [5.74, 6) is -0.699. The summed E-state index contributed by atoms with van der Waals surface area (Å²) >= 11 is 4.68. The first-order valence-corrected chi connectivity index (χ1v) is 6.85. The maximum absolute atomic E-state index is 11.5. The van der Waals surface area contributed by atoms with Gasteiger partial charge in [0.2, 0.25) is 5.91 Å². The van der Waals surface area contributed by atoms with Crippen LogP contribution in [0.1, 0.15) is 13.3 Å². The Hall–Kier alpha value is -0.690. The lowest BCUT2D eigenvalue weighted by atomic mass is 10.1. The maximum atomic E-state index is 11.5. The molecule has 2 unspecified atom stereocenters. The van der Waals surface area contributed by atoms with E-state index in [4.69, 9.17) is 5.73 Å². The molecule has 0 spiro atoms. The van der Waals surface area contributed by atoms with Crippen molar-refractivity contribution in [1.29, 1.82) is 0 Å². The van der Waals surface area contributed by atoms with Crippen LogP contribution in [0.25, 0.3) is 0 Å². The number of sulfone groups is 1. The van der Waals surface area contributed by atoms with Gasteiger partial charge in [-0.25, -0.2) is 8.42 Å². The summed E-state index contributed by atoms with van der Waals surface area (Å²) in [7, 11) is -2.97. The molecule has 1 saturated heterocycles. The van der Waals surface area contributed by atoms with Gasteiger partial charge < -0.3 is 11.1 Å². The summed E-state index contributed by atoms with van der Waals surface area (Å²) in [5.41, 5.74) is 5.32. The first kappa shape index (κ1) is 12.4. The predicted molar refractivity (Wildman–Crippen MR) is 61.2 cm³/mol. The average Bonchev–Trinajstić information content (AvgIpc) is 2.43. The van der Waals surface area contributed by atoms with Gasteiger partial charge in [0.15, 0.2) is 9.84 Å². The number of carbonyl (C=O) groups excluding carboxylic acids is 1. The van der Waals surface area contributed by atoms with Crippen LogP contribution in [0.15, 0.2) is 0 Å². The van der Waals surface area contributed by atoms with E-state index in [1.165, 1.54) is 0 Å². The standard InChI is InChI=1S/C8H14N2O3S2/c1-5(7(9)14)8(11)10-6-2-3-15(12,13)4-6/h5-6H,2-4H2,1H3,(H2,9,14)(H,10,11). The molecule has 1 aliphatic heterocycles. The second kappa shape index (κ2) is 4.44. The van der Waals surface area contributed by atoms with Crippen molar-refractivity contribution in [3.05, 3.63) is 0 Å². The van der Waals surface area contributed by atoms with Crippen molar-refractivity contribution in [3.63, 3.8) is 0 Å². The molecule has 0 aromatic rings. The molecule has 86 valence electrons. The summed E-state index contributed by atoms with van der Waals surface area (Å²) in [6, 6.07) is -0.292. The van der Waals surface area contributed by atoms with Crippen LogP contribution in [0.3, 0.4) is 0 Å². The fourth-order valence-electron chi connectivity index (χ4n) is 1.36. The number of hydrogen-bond acceptors (Lipinski definition) is 4. The summed E-state index contributed by atoms with van der Waals surface area (Å²) < 4.78 is 22.2. The summed E-state index contributed by atoms with van der Waals surface area (Å²) in [6.07, 6.45) is 0.470. The van der Waals surface area contributed by atoms with Crippen LogP contribution in [0.5, 0.6) is 0 Å². The normalized spacial score (nSPS) is 25.8. The van der Waals surface area contributed by atoms with Gasteiger partial charge in [-0.3, -0.25) is 4.79 Å². The Kier molecular flexibility index (Phi) is 3.67. The summed E-state index contributed by atoms with van der Waals surface area (Å²) in [4.78, 5) is 11.6. The Labute approximate surface area is 94.3 Å². The van der Waals surface area contributed by atoms with E-state index in [1.54, 1.807) is 6.92 Å². The molecule has 3 N–H and O–H groups in total. The molecule has 1 fully saturated rings. The van der Waals surface area contributed by atoms with Crippen LogP contribution in [-0.2, 0) is 14.6 Å². The molecule has 0 aromatic carbocycles. The molecule has 0 aliphatic carbocycles. The minimum Gasteiger partial charge on any atom is -0.393 e. The van der Waals surface area contributed by atoms with E-state index in [2.05, 4.69) is 17.5 Å². The predicted octanol–water partition coefficient (Wildman–Crippen LogP) is -0.788. The lowest BCUT2D eigenvalue weighted by Gasteiger charge is -2.14. The van der Waals surface area contributed by atoms with Crippen molar-refractivity contribution in [2.75, 3.05) is 11.5 Å². The minimum atomic E-state index is -2.97. The van der Waals surface area contributed by atoms with Gasteiger partial charge in [0.1, 0.15) is 0 Å². The van der Waals surface area contributed by atoms with Gasteiger partial charge in [-0.05, 0) is 13.3 Å². The van der Waals surface area contributed by atoms with Gasteiger partial charge in [0.05, 0.1) is 22.4 Å². The van der Waals surface area contributed by atoms with Crippen LogP contribution < -0.4 is 11.1 Å². The molecule has 0 aromatic heterocycles. The lowest BCUT2D eigenvalue weighted by molar-refractivity contribution is -0.123. The van der Waals surface area contributed by atoms with Gasteiger partial charge in [-0.1, -0.05) is 12.2 Å². The van der Waals surface area contributed by atoms with Gasteiger partial charge in [-0.15, -0.1) is 0 Å². The van der Waals surface area contributed by atoms with Crippen LogP contribution in [0.4, 0.5) is 0 Å². The molecular formula is C8H14N2O3S2. The van der Waals surface area contributed by atoms with Crippen molar-refractivity contribution in [2.24, 2.45) is 11.7 Å². The van der Waals surface area contributed by atoms with E-state index < -0.39 is 15.8 Å². The Morgan fingerprint density at radius 1 is 1.60 bits per heavy atom. The lowest BCUT2D eigenvalue weighted by Crippen LogP contribution is -2.42. The topological polar surface area (TPSA) is 89.3 Å². The van der Waals surface area contributed by atoms with E-state index in [-0.39, 0.29) is 28.4 Å². The molecule has 1 aliphatic rings. The first-order valence-electron chi connectivity index (χ1n) is 4.62. The number of rotatable bonds is 3. The molecule has 0 bridgehead atoms. The second-order valence-corrected chi connectivity index (χ2v) is 6.43. The van der Waals surface area contributed by atoms with Crippen LogP contribution in [0, 0.1) is 5.92 Å². The largest absolute Gasteiger partial charge is 0.393 e. The van der Waals surface area contributed by atoms with E-state index in [0.717, 1.165) is 0 Å². The van der Waals surface area contributed by atoms with Crippen LogP contribution in [-0.4, -0.2) is 36.9 Å². The van der Waals surface area contributed by atoms with Gasteiger partial charge in [-0.2, -0.15) is 0 Å². The molecule has 1 rings (SSSR count). The van der Waals surface area contributed by atoms with E-state index in [1.807, 2.05) is 0 Å². The van der Waals surface area contributed by atoms with Gasteiger partial charge >= 0.3 is 0 Å². The zero-order valence-electron chi connectivity index (χ0n) is 8.39. The van der Waals surface area contributed by atoms with Gasteiger partial charge in [0.25, 0.3) is 0 Å². The van der Waals surface area contributed by atoms with E-state index in [0.29, 0.717) is 6.42 Å². The fraction of sp³-hybridized carbons (Fsp3) is 0.750. The van der Waals surface area contributed by atoms with Crippen molar-refractivity contribution in [3.8, 4) is 0 Å². The molecule has 1 heterocycles. The number of thiocarbonyl (C=S) groups is 1. The minimum absolute atomic E-state index is 0.0167. The number of nitrogens with one attached hydrogen (secondary N) is 1. The molecule has 0 saturated carbocycles. The number of nitrogens with two attached hydrogens (primary N) is 1. The van der Waals surface area contributed by atoms with Crippen molar-refractivity contribution in [1.82, 2.24) is 5.32 Å². The molecule has 15 heavy (non-hydrogen) atoms. The Balaban J connectivity index is 2.51. The molecule has 7 heteroatoms. The van der Waals surface area contributed by atoms with Gasteiger partial charge in [0, 0.05) is 6.04 Å². The highest BCUT2D eigenvalue weighted by atomic mass is 32.2.